The molecule has 0 aliphatic carbocycles. The SMILES string of the molecule is COc1ccccc1/C=N/N1CCN(Cc2ccccc2)CC1. The molecular formula is C19H23N3O. The van der Waals surface area contributed by atoms with Crippen LogP contribution in [0.4, 0.5) is 0 Å². The van der Waals surface area contributed by atoms with Gasteiger partial charge in [-0.25, -0.2) is 0 Å². The smallest absolute Gasteiger partial charge is 0.127 e. The summed E-state index contributed by atoms with van der Waals surface area (Å²) in [4.78, 5) is 2.48. The molecule has 0 atom stereocenters. The van der Waals surface area contributed by atoms with Crippen molar-refractivity contribution in [2.75, 3.05) is 33.3 Å². The molecular weight excluding hydrogens is 286 g/mol. The summed E-state index contributed by atoms with van der Waals surface area (Å²) >= 11 is 0. The lowest BCUT2D eigenvalue weighted by molar-refractivity contribution is 0.131. The van der Waals surface area contributed by atoms with E-state index >= 15 is 0 Å². The minimum absolute atomic E-state index is 0.860. The molecule has 0 aromatic heterocycles. The zero-order valence-corrected chi connectivity index (χ0v) is 13.6. The summed E-state index contributed by atoms with van der Waals surface area (Å²) in [6.07, 6.45) is 1.89. The van der Waals surface area contributed by atoms with Crippen LogP contribution in [0.5, 0.6) is 5.75 Å². The molecule has 0 spiro atoms. The predicted octanol–water partition coefficient (Wildman–Crippen LogP) is 2.85. The number of nitrogens with zero attached hydrogens (tertiary/aromatic N) is 3. The van der Waals surface area contributed by atoms with E-state index in [2.05, 4.69) is 45.3 Å². The van der Waals surface area contributed by atoms with E-state index in [-0.39, 0.29) is 0 Å². The molecule has 1 saturated heterocycles. The van der Waals surface area contributed by atoms with Crippen molar-refractivity contribution in [3.05, 3.63) is 65.7 Å². The lowest BCUT2D eigenvalue weighted by Crippen LogP contribution is -2.43. The van der Waals surface area contributed by atoms with Crippen molar-refractivity contribution in [2.24, 2.45) is 5.10 Å². The summed E-state index contributed by atoms with van der Waals surface area (Å²) in [6, 6.07) is 18.6. The van der Waals surface area contributed by atoms with Crippen LogP contribution in [-0.4, -0.2) is 49.4 Å². The van der Waals surface area contributed by atoms with Gasteiger partial charge in [0.05, 0.1) is 13.3 Å². The fourth-order valence-electron chi connectivity index (χ4n) is 2.77. The quantitative estimate of drug-likeness (QED) is 0.795. The Kier molecular flexibility index (Phi) is 5.27. The topological polar surface area (TPSA) is 28.1 Å². The molecule has 2 aromatic rings. The Labute approximate surface area is 138 Å². The van der Waals surface area contributed by atoms with Gasteiger partial charge in [0, 0.05) is 38.3 Å². The van der Waals surface area contributed by atoms with Gasteiger partial charge in [0.15, 0.2) is 0 Å². The maximum atomic E-state index is 5.35. The Morgan fingerprint density at radius 1 is 0.957 bits per heavy atom. The number of piperazine rings is 1. The Morgan fingerprint density at radius 2 is 1.65 bits per heavy atom. The van der Waals surface area contributed by atoms with Gasteiger partial charge in [0.1, 0.15) is 5.75 Å². The van der Waals surface area contributed by atoms with Crippen LogP contribution in [0.25, 0.3) is 0 Å². The van der Waals surface area contributed by atoms with E-state index in [1.807, 2.05) is 30.5 Å². The van der Waals surface area contributed by atoms with Gasteiger partial charge in [-0.15, -0.1) is 0 Å². The summed E-state index contributed by atoms with van der Waals surface area (Å²) < 4.78 is 5.35. The second-order valence-electron chi connectivity index (χ2n) is 5.70. The number of hydrazone groups is 1. The largest absolute Gasteiger partial charge is 0.496 e. The van der Waals surface area contributed by atoms with Crippen molar-refractivity contribution in [3.8, 4) is 5.75 Å². The van der Waals surface area contributed by atoms with Crippen molar-refractivity contribution in [3.63, 3.8) is 0 Å². The van der Waals surface area contributed by atoms with Crippen LogP contribution >= 0.6 is 0 Å². The molecule has 0 unspecified atom stereocenters. The van der Waals surface area contributed by atoms with Crippen molar-refractivity contribution in [2.45, 2.75) is 6.54 Å². The summed E-state index contributed by atoms with van der Waals surface area (Å²) in [7, 11) is 1.69. The van der Waals surface area contributed by atoms with E-state index in [1.54, 1.807) is 7.11 Å². The van der Waals surface area contributed by atoms with Crippen LogP contribution in [0.2, 0.25) is 0 Å². The Bertz CT molecular complexity index is 634. The number of benzene rings is 2. The normalized spacial score (nSPS) is 16.0. The molecule has 120 valence electrons. The highest BCUT2D eigenvalue weighted by Crippen LogP contribution is 2.15. The summed E-state index contributed by atoms with van der Waals surface area (Å²) in [5.74, 6) is 0.860. The van der Waals surface area contributed by atoms with Crippen LogP contribution in [0.1, 0.15) is 11.1 Å². The number of hydrogen-bond donors (Lipinski definition) is 0. The first-order valence-electron chi connectivity index (χ1n) is 8.03. The van der Waals surface area contributed by atoms with E-state index < -0.39 is 0 Å². The zero-order valence-electron chi connectivity index (χ0n) is 13.6. The first-order chi connectivity index (χ1) is 11.3. The molecule has 1 aliphatic rings. The van der Waals surface area contributed by atoms with Gasteiger partial charge < -0.3 is 4.74 Å². The van der Waals surface area contributed by atoms with Crippen LogP contribution in [-0.2, 0) is 6.54 Å². The fraction of sp³-hybridized carbons (Fsp3) is 0.316. The van der Waals surface area contributed by atoms with Crippen molar-refractivity contribution < 1.29 is 4.74 Å². The average molecular weight is 309 g/mol. The minimum Gasteiger partial charge on any atom is -0.496 e. The summed E-state index contributed by atoms with van der Waals surface area (Å²) in [5.41, 5.74) is 2.39. The lowest BCUT2D eigenvalue weighted by atomic mass is 10.2. The third kappa shape index (κ3) is 4.33. The second-order valence-corrected chi connectivity index (χ2v) is 5.70. The molecule has 0 bridgehead atoms. The van der Waals surface area contributed by atoms with Gasteiger partial charge in [-0.3, -0.25) is 9.91 Å². The molecule has 0 amide bonds. The molecule has 4 heteroatoms. The van der Waals surface area contributed by atoms with E-state index in [4.69, 9.17) is 4.74 Å². The Morgan fingerprint density at radius 3 is 2.39 bits per heavy atom. The molecule has 1 fully saturated rings. The molecule has 0 radical (unpaired) electrons. The fourth-order valence-corrected chi connectivity index (χ4v) is 2.77. The first kappa shape index (κ1) is 15.6. The third-order valence-corrected chi connectivity index (χ3v) is 4.10. The predicted molar refractivity (Wildman–Crippen MR) is 93.9 cm³/mol. The highest BCUT2D eigenvalue weighted by atomic mass is 16.5. The third-order valence-electron chi connectivity index (χ3n) is 4.10. The van der Waals surface area contributed by atoms with Crippen LogP contribution in [0.3, 0.4) is 0 Å². The van der Waals surface area contributed by atoms with E-state index in [9.17, 15) is 0 Å². The standard InChI is InChI=1S/C19H23N3O/c1-23-19-10-6-5-9-18(19)15-20-22-13-11-21(12-14-22)16-17-7-3-2-4-8-17/h2-10,15H,11-14,16H2,1H3/b20-15+. The van der Waals surface area contributed by atoms with Crippen LogP contribution in [0.15, 0.2) is 59.7 Å². The summed E-state index contributed by atoms with van der Waals surface area (Å²) in [6.45, 7) is 5.01. The van der Waals surface area contributed by atoms with Gasteiger partial charge in [0.25, 0.3) is 0 Å². The monoisotopic (exact) mass is 309 g/mol. The second kappa shape index (κ2) is 7.79. The van der Waals surface area contributed by atoms with Crippen molar-refractivity contribution in [1.29, 1.82) is 0 Å². The van der Waals surface area contributed by atoms with Crippen LogP contribution in [0, 0.1) is 0 Å². The first-order valence-corrected chi connectivity index (χ1v) is 8.03. The molecule has 0 saturated carbocycles. The van der Waals surface area contributed by atoms with Crippen molar-refractivity contribution in [1.82, 2.24) is 9.91 Å². The minimum atomic E-state index is 0.860. The van der Waals surface area contributed by atoms with Crippen LogP contribution < -0.4 is 4.74 Å². The van der Waals surface area contributed by atoms with E-state index in [1.165, 1.54) is 5.56 Å². The molecule has 23 heavy (non-hydrogen) atoms. The molecule has 2 aromatic carbocycles. The highest BCUT2D eigenvalue weighted by molar-refractivity contribution is 5.83. The van der Waals surface area contributed by atoms with E-state index in [0.29, 0.717) is 0 Å². The highest BCUT2D eigenvalue weighted by Gasteiger charge is 2.15. The van der Waals surface area contributed by atoms with Gasteiger partial charge in [-0.1, -0.05) is 42.5 Å². The lowest BCUT2D eigenvalue weighted by Gasteiger charge is -2.33. The van der Waals surface area contributed by atoms with Gasteiger partial charge in [-0.2, -0.15) is 5.10 Å². The van der Waals surface area contributed by atoms with Gasteiger partial charge in [-0.05, 0) is 17.7 Å². The number of para-hydroxylation sites is 1. The number of ether oxygens (including phenoxy) is 1. The van der Waals surface area contributed by atoms with Gasteiger partial charge >= 0.3 is 0 Å². The summed E-state index contributed by atoms with van der Waals surface area (Å²) in [5, 5.41) is 6.74. The molecule has 1 aliphatic heterocycles. The van der Waals surface area contributed by atoms with Gasteiger partial charge in [0.2, 0.25) is 0 Å². The average Bonchev–Trinajstić information content (AvgIpc) is 2.62. The maximum absolute atomic E-state index is 5.35. The van der Waals surface area contributed by atoms with Crippen molar-refractivity contribution >= 4 is 6.21 Å². The number of methoxy groups -OCH3 is 1. The number of rotatable bonds is 5. The number of hydrogen-bond acceptors (Lipinski definition) is 4. The van der Waals surface area contributed by atoms with E-state index in [0.717, 1.165) is 44.0 Å². The molecule has 1 heterocycles. The zero-order chi connectivity index (χ0) is 15.9. The Hall–Kier alpha value is -2.33. The molecule has 4 nitrogen and oxygen atoms in total. The Balaban J connectivity index is 1.52. The molecule has 3 rings (SSSR count). The maximum Gasteiger partial charge on any atom is 0.127 e. The molecule has 0 N–H and O–H groups in total.